The summed E-state index contributed by atoms with van der Waals surface area (Å²) in [6.07, 6.45) is 5.74. The average Bonchev–Trinajstić information content (AvgIpc) is 3.27. The van der Waals surface area contributed by atoms with Crippen molar-refractivity contribution in [3.8, 4) is 0 Å². The Hall–Kier alpha value is -2.70. The summed E-state index contributed by atoms with van der Waals surface area (Å²) < 4.78 is 0. The fourth-order valence-corrected chi connectivity index (χ4v) is 5.76. The molecule has 2 aromatic carbocycles. The lowest BCUT2D eigenvalue weighted by atomic mass is 9.79. The minimum atomic E-state index is 0.174. The molecule has 3 N–H and O–H groups in total. The van der Waals surface area contributed by atoms with E-state index in [2.05, 4.69) is 55.8 Å². The normalized spacial score (nSPS) is 22.6. The molecule has 34 heavy (non-hydrogen) atoms. The molecule has 180 valence electrons. The van der Waals surface area contributed by atoms with Crippen LogP contribution in [0.5, 0.6) is 0 Å². The highest BCUT2D eigenvalue weighted by atomic mass is 16.1. The van der Waals surface area contributed by atoms with Gasteiger partial charge in [-0.2, -0.15) is 0 Å². The number of H-pyrrole nitrogens is 1. The predicted octanol–water partition coefficient (Wildman–Crippen LogP) is 3.89. The van der Waals surface area contributed by atoms with E-state index in [4.69, 9.17) is 0 Å². The van der Waals surface area contributed by atoms with E-state index in [1.54, 1.807) is 0 Å². The third-order valence-electron chi connectivity index (χ3n) is 7.40. The quantitative estimate of drug-likeness (QED) is 0.402. The zero-order valence-corrected chi connectivity index (χ0v) is 20.0. The lowest BCUT2D eigenvalue weighted by Crippen LogP contribution is -2.55. The van der Waals surface area contributed by atoms with Crippen LogP contribution in [0, 0.1) is 11.8 Å². The number of rotatable bonds is 10. The second-order valence-electron chi connectivity index (χ2n) is 10.1. The summed E-state index contributed by atoms with van der Waals surface area (Å²) >= 11 is 0. The van der Waals surface area contributed by atoms with E-state index in [0.717, 1.165) is 68.1 Å². The molecule has 3 aromatic rings. The number of piperidine rings is 2. The molecule has 2 aliphatic heterocycles. The summed E-state index contributed by atoms with van der Waals surface area (Å²) in [5, 5.41) is 6.88. The van der Waals surface area contributed by atoms with E-state index >= 15 is 0 Å². The molecule has 1 aromatic heterocycles. The van der Waals surface area contributed by atoms with E-state index in [9.17, 15) is 4.79 Å². The highest BCUT2D eigenvalue weighted by Gasteiger charge is 2.36. The number of nitrogens with zero attached hydrogens (tertiary/aromatic N) is 2. The van der Waals surface area contributed by atoms with Gasteiger partial charge in [0.1, 0.15) is 5.82 Å². The van der Waals surface area contributed by atoms with Crippen molar-refractivity contribution in [2.24, 2.45) is 11.8 Å². The Labute approximate surface area is 202 Å². The fraction of sp³-hybridized carbons (Fsp3) is 0.500. The first-order valence-corrected chi connectivity index (χ1v) is 12.9. The summed E-state index contributed by atoms with van der Waals surface area (Å²) in [7, 11) is 0. The molecule has 2 saturated heterocycles. The van der Waals surface area contributed by atoms with Crippen molar-refractivity contribution in [1.29, 1.82) is 0 Å². The minimum Gasteiger partial charge on any atom is -0.356 e. The zero-order chi connectivity index (χ0) is 23.2. The molecular weight excluding hydrogens is 422 g/mol. The number of para-hydroxylation sites is 2. The van der Waals surface area contributed by atoms with Crippen LogP contribution in [0.25, 0.3) is 11.0 Å². The third-order valence-corrected chi connectivity index (χ3v) is 7.40. The number of nitrogens with one attached hydrogen (secondary N) is 3. The molecule has 2 unspecified atom stereocenters. The molecule has 2 bridgehead atoms. The smallest absolute Gasteiger partial charge is 0.219 e. The molecule has 0 aliphatic carbocycles. The van der Waals surface area contributed by atoms with Crippen LogP contribution in [0.1, 0.15) is 43.5 Å². The maximum atomic E-state index is 12.3. The van der Waals surface area contributed by atoms with Gasteiger partial charge in [-0.1, -0.05) is 42.5 Å². The summed E-state index contributed by atoms with van der Waals surface area (Å²) in [4.78, 5) is 22.9. The van der Waals surface area contributed by atoms with Gasteiger partial charge in [0, 0.05) is 45.1 Å². The van der Waals surface area contributed by atoms with Crippen molar-refractivity contribution in [2.75, 3.05) is 26.2 Å². The zero-order valence-electron chi connectivity index (χ0n) is 20.0. The van der Waals surface area contributed by atoms with Crippen LogP contribution < -0.4 is 10.6 Å². The number of carbonyl (C=O) groups excluding carboxylic acids is 1. The van der Waals surface area contributed by atoms with Crippen LogP contribution >= 0.6 is 0 Å². The predicted molar refractivity (Wildman–Crippen MR) is 136 cm³/mol. The third kappa shape index (κ3) is 6.05. The second-order valence-corrected chi connectivity index (χ2v) is 10.1. The van der Waals surface area contributed by atoms with Gasteiger partial charge in [0.2, 0.25) is 5.91 Å². The first kappa shape index (κ1) is 23.1. The topological polar surface area (TPSA) is 73.1 Å². The number of aromatic amines is 1. The molecule has 2 fully saturated rings. The van der Waals surface area contributed by atoms with E-state index in [-0.39, 0.29) is 5.91 Å². The van der Waals surface area contributed by atoms with Gasteiger partial charge in [-0.15, -0.1) is 0 Å². The Bertz CT molecular complexity index is 1030. The van der Waals surface area contributed by atoms with Crippen molar-refractivity contribution < 1.29 is 4.79 Å². The van der Waals surface area contributed by atoms with Crippen molar-refractivity contribution in [1.82, 2.24) is 25.5 Å². The summed E-state index contributed by atoms with van der Waals surface area (Å²) in [5.41, 5.74) is 3.49. The van der Waals surface area contributed by atoms with Gasteiger partial charge in [-0.3, -0.25) is 9.69 Å². The maximum Gasteiger partial charge on any atom is 0.219 e. The number of imidazole rings is 1. The van der Waals surface area contributed by atoms with Crippen LogP contribution in [0.2, 0.25) is 0 Å². The van der Waals surface area contributed by atoms with Crippen molar-refractivity contribution in [2.45, 2.75) is 51.1 Å². The number of aryl methyl sites for hydroxylation is 1. The molecular formula is C28H37N5O. The molecule has 0 radical (unpaired) electrons. The van der Waals surface area contributed by atoms with E-state index in [1.165, 1.54) is 18.5 Å². The molecule has 1 amide bonds. The lowest BCUT2D eigenvalue weighted by molar-refractivity contribution is -0.121. The largest absolute Gasteiger partial charge is 0.356 e. The van der Waals surface area contributed by atoms with Crippen LogP contribution in [0.15, 0.2) is 54.6 Å². The van der Waals surface area contributed by atoms with E-state index in [0.29, 0.717) is 24.9 Å². The van der Waals surface area contributed by atoms with Crippen molar-refractivity contribution in [3.63, 3.8) is 0 Å². The van der Waals surface area contributed by atoms with Crippen LogP contribution in [0.4, 0.5) is 0 Å². The van der Waals surface area contributed by atoms with Gasteiger partial charge in [-0.25, -0.2) is 4.98 Å². The standard InChI is InChI=1S/C28H37N5O/c34-28(29-15-7-13-27-31-25-10-4-5-11-26(25)32-27)14-6-12-24-23-16-22(17-30-24)19-33(20-23)18-21-8-2-1-3-9-21/h1-5,8-11,22-24,30H,6-7,12-20H2,(H,29,34)(H,31,32)/t22?,23?,24-/m1/s1. The highest BCUT2D eigenvalue weighted by molar-refractivity contribution is 5.76. The monoisotopic (exact) mass is 459 g/mol. The first-order chi connectivity index (χ1) is 16.7. The number of fused-ring (bicyclic) bond motifs is 3. The van der Waals surface area contributed by atoms with E-state index in [1.807, 2.05) is 24.3 Å². The van der Waals surface area contributed by atoms with Gasteiger partial charge in [0.25, 0.3) is 0 Å². The Morgan fingerprint density at radius 3 is 2.79 bits per heavy atom. The summed E-state index contributed by atoms with van der Waals surface area (Å²) in [6.45, 7) is 5.23. The Morgan fingerprint density at radius 2 is 1.91 bits per heavy atom. The fourth-order valence-electron chi connectivity index (χ4n) is 5.76. The molecule has 3 atom stereocenters. The number of hydrogen-bond donors (Lipinski definition) is 3. The van der Waals surface area contributed by atoms with Crippen molar-refractivity contribution in [3.05, 3.63) is 66.0 Å². The molecule has 2 aliphatic rings. The molecule has 0 spiro atoms. The molecule has 5 rings (SSSR count). The van der Waals surface area contributed by atoms with Gasteiger partial charge in [0.15, 0.2) is 0 Å². The van der Waals surface area contributed by atoms with Crippen LogP contribution in [-0.2, 0) is 17.8 Å². The Balaban J connectivity index is 0.991. The lowest BCUT2D eigenvalue weighted by Gasteiger charge is -2.46. The number of aromatic nitrogens is 2. The first-order valence-electron chi connectivity index (χ1n) is 12.9. The molecule has 6 nitrogen and oxygen atoms in total. The average molecular weight is 460 g/mol. The SMILES string of the molecule is O=C(CCC[C@H]1NCC2CC1CN(Cc1ccccc1)C2)NCCCc1nc2ccccc2[nH]1. The van der Waals surface area contributed by atoms with Gasteiger partial charge in [-0.05, 0) is 61.8 Å². The summed E-state index contributed by atoms with van der Waals surface area (Å²) in [6, 6.07) is 19.4. The molecule has 6 heteroatoms. The van der Waals surface area contributed by atoms with Crippen molar-refractivity contribution >= 4 is 16.9 Å². The molecule has 3 heterocycles. The summed E-state index contributed by atoms with van der Waals surface area (Å²) in [5.74, 6) is 2.62. The number of benzene rings is 2. The number of carbonyl (C=O) groups is 1. The highest BCUT2D eigenvalue weighted by Crippen LogP contribution is 2.31. The van der Waals surface area contributed by atoms with Crippen LogP contribution in [0.3, 0.4) is 0 Å². The minimum absolute atomic E-state index is 0.174. The van der Waals surface area contributed by atoms with Gasteiger partial charge in [0.05, 0.1) is 11.0 Å². The van der Waals surface area contributed by atoms with Gasteiger partial charge >= 0.3 is 0 Å². The Kier molecular flexibility index (Phi) is 7.56. The number of amides is 1. The molecule has 0 saturated carbocycles. The van der Waals surface area contributed by atoms with Crippen LogP contribution in [-0.4, -0.2) is 53.0 Å². The number of likely N-dealkylation sites (tertiary alicyclic amines) is 1. The van der Waals surface area contributed by atoms with E-state index < -0.39 is 0 Å². The Morgan fingerprint density at radius 1 is 1.06 bits per heavy atom. The van der Waals surface area contributed by atoms with Gasteiger partial charge < -0.3 is 15.6 Å². The number of hydrogen-bond acceptors (Lipinski definition) is 4. The maximum absolute atomic E-state index is 12.3. The second kappa shape index (κ2) is 11.2.